The topological polar surface area (TPSA) is 49.3 Å². The number of halogens is 1. The molecule has 0 aliphatic heterocycles. The molecular formula is C14H16ClNO2S2. The standard InChI is InChI=1S/C14H16ClNO2S2/c15-13-2-1-12(20-13)14(18)16-6-3-10(4-7-17)11-5-8-19-9-11/h1-2,5,8-10,17H,3-4,6-7H2,(H,16,18). The SMILES string of the molecule is O=C(NCCC(CCO)c1ccsc1)c1ccc(Cl)s1. The summed E-state index contributed by atoms with van der Waals surface area (Å²) in [6.45, 7) is 0.754. The van der Waals surface area contributed by atoms with Crippen LogP contribution in [0.3, 0.4) is 0 Å². The molecule has 0 saturated carbocycles. The molecule has 1 atom stereocenters. The van der Waals surface area contributed by atoms with Crippen molar-refractivity contribution in [3.05, 3.63) is 43.7 Å². The van der Waals surface area contributed by atoms with Crippen LogP contribution in [0.25, 0.3) is 0 Å². The Hall–Kier alpha value is -0.880. The van der Waals surface area contributed by atoms with Gasteiger partial charge >= 0.3 is 0 Å². The number of carbonyl (C=O) groups is 1. The number of nitrogens with one attached hydrogen (secondary N) is 1. The van der Waals surface area contributed by atoms with E-state index in [9.17, 15) is 4.79 Å². The fourth-order valence-electron chi connectivity index (χ4n) is 2.02. The van der Waals surface area contributed by atoms with E-state index in [1.54, 1.807) is 23.5 Å². The Morgan fingerprint density at radius 3 is 2.80 bits per heavy atom. The highest BCUT2D eigenvalue weighted by Gasteiger charge is 2.13. The van der Waals surface area contributed by atoms with Gasteiger partial charge in [0.2, 0.25) is 0 Å². The largest absolute Gasteiger partial charge is 0.396 e. The van der Waals surface area contributed by atoms with Crippen molar-refractivity contribution in [3.63, 3.8) is 0 Å². The summed E-state index contributed by atoms with van der Waals surface area (Å²) in [7, 11) is 0. The average molecular weight is 330 g/mol. The molecule has 3 nitrogen and oxygen atoms in total. The van der Waals surface area contributed by atoms with Crippen molar-refractivity contribution >= 4 is 40.2 Å². The van der Waals surface area contributed by atoms with Crippen molar-refractivity contribution in [1.29, 1.82) is 0 Å². The fourth-order valence-corrected chi connectivity index (χ4v) is 3.73. The maximum absolute atomic E-state index is 11.9. The monoisotopic (exact) mass is 329 g/mol. The van der Waals surface area contributed by atoms with Gasteiger partial charge in [-0.2, -0.15) is 11.3 Å². The zero-order valence-electron chi connectivity index (χ0n) is 10.8. The van der Waals surface area contributed by atoms with Crippen LogP contribution in [0.2, 0.25) is 4.34 Å². The Kier molecular flexibility index (Phi) is 6.04. The first-order valence-corrected chi connectivity index (χ1v) is 8.51. The van der Waals surface area contributed by atoms with E-state index in [4.69, 9.17) is 16.7 Å². The lowest BCUT2D eigenvalue weighted by Gasteiger charge is -2.14. The third-order valence-corrected chi connectivity index (χ3v) is 5.00. The van der Waals surface area contributed by atoms with Gasteiger partial charge in [-0.1, -0.05) is 11.6 Å². The molecule has 0 aliphatic carbocycles. The third kappa shape index (κ3) is 4.31. The molecule has 2 N–H and O–H groups in total. The van der Waals surface area contributed by atoms with Crippen molar-refractivity contribution in [2.75, 3.05) is 13.2 Å². The van der Waals surface area contributed by atoms with Crippen LogP contribution in [-0.2, 0) is 0 Å². The van der Waals surface area contributed by atoms with Gasteiger partial charge in [0.25, 0.3) is 5.91 Å². The normalized spacial score (nSPS) is 12.3. The molecule has 0 bridgehead atoms. The van der Waals surface area contributed by atoms with E-state index >= 15 is 0 Å². The zero-order valence-corrected chi connectivity index (χ0v) is 13.2. The summed E-state index contributed by atoms with van der Waals surface area (Å²) in [6, 6.07) is 5.53. The molecule has 2 aromatic rings. The molecule has 0 aromatic carbocycles. The highest BCUT2D eigenvalue weighted by Crippen LogP contribution is 2.25. The Morgan fingerprint density at radius 2 is 2.20 bits per heavy atom. The first kappa shape index (κ1) is 15.5. The van der Waals surface area contributed by atoms with Crippen molar-refractivity contribution < 1.29 is 9.90 Å². The van der Waals surface area contributed by atoms with Gasteiger partial charge in [0, 0.05) is 13.2 Å². The summed E-state index contributed by atoms with van der Waals surface area (Å²) >= 11 is 8.74. The van der Waals surface area contributed by atoms with Crippen LogP contribution in [0.15, 0.2) is 29.0 Å². The lowest BCUT2D eigenvalue weighted by molar-refractivity contribution is 0.0956. The minimum Gasteiger partial charge on any atom is -0.396 e. The highest BCUT2D eigenvalue weighted by molar-refractivity contribution is 7.18. The molecule has 20 heavy (non-hydrogen) atoms. The molecule has 108 valence electrons. The molecular weight excluding hydrogens is 314 g/mol. The van der Waals surface area contributed by atoms with Crippen LogP contribution in [0.4, 0.5) is 0 Å². The Labute approximate surface area is 131 Å². The van der Waals surface area contributed by atoms with Gasteiger partial charge in [0.05, 0.1) is 9.21 Å². The minimum atomic E-state index is -0.0880. The number of rotatable bonds is 7. The van der Waals surface area contributed by atoms with Gasteiger partial charge in [0.1, 0.15) is 0 Å². The minimum absolute atomic E-state index is 0.0880. The van der Waals surface area contributed by atoms with Crippen LogP contribution in [0, 0.1) is 0 Å². The molecule has 1 unspecified atom stereocenters. The molecule has 6 heteroatoms. The number of aliphatic hydroxyl groups excluding tert-OH is 1. The van der Waals surface area contributed by atoms with E-state index in [0.29, 0.717) is 21.7 Å². The maximum atomic E-state index is 11.9. The molecule has 0 radical (unpaired) electrons. The van der Waals surface area contributed by atoms with Gasteiger partial charge in [-0.05, 0) is 53.3 Å². The van der Waals surface area contributed by atoms with Crippen LogP contribution in [0.1, 0.15) is 34.0 Å². The number of thiophene rings is 2. The summed E-state index contributed by atoms with van der Waals surface area (Å²) in [5.74, 6) is 0.202. The number of aliphatic hydroxyl groups is 1. The smallest absolute Gasteiger partial charge is 0.261 e. The van der Waals surface area contributed by atoms with Crippen LogP contribution >= 0.6 is 34.3 Å². The second kappa shape index (κ2) is 7.78. The molecule has 0 saturated heterocycles. The first-order chi connectivity index (χ1) is 9.70. The molecule has 0 aliphatic rings. The van der Waals surface area contributed by atoms with E-state index in [2.05, 4.69) is 16.8 Å². The van der Waals surface area contributed by atoms with Crippen molar-refractivity contribution in [2.45, 2.75) is 18.8 Å². The quantitative estimate of drug-likeness (QED) is 0.812. The Bertz CT molecular complexity index is 539. The Morgan fingerprint density at radius 1 is 1.35 bits per heavy atom. The zero-order chi connectivity index (χ0) is 14.4. The molecule has 2 rings (SSSR count). The van der Waals surface area contributed by atoms with E-state index < -0.39 is 0 Å². The number of carbonyl (C=O) groups excluding carboxylic acids is 1. The second-order valence-electron chi connectivity index (χ2n) is 4.41. The van der Waals surface area contributed by atoms with Gasteiger partial charge in [0.15, 0.2) is 0 Å². The fraction of sp³-hybridized carbons (Fsp3) is 0.357. The summed E-state index contributed by atoms with van der Waals surface area (Å²) in [5.41, 5.74) is 1.23. The van der Waals surface area contributed by atoms with Crippen molar-refractivity contribution in [3.8, 4) is 0 Å². The molecule has 0 spiro atoms. The number of amides is 1. The molecule has 1 amide bonds. The lowest BCUT2D eigenvalue weighted by atomic mass is 9.95. The van der Waals surface area contributed by atoms with Crippen molar-refractivity contribution in [1.82, 2.24) is 5.32 Å². The third-order valence-electron chi connectivity index (χ3n) is 3.07. The van der Waals surface area contributed by atoms with E-state index in [-0.39, 0.29) is 12.5 Å². The summed E-state index contributed by atoms with van der Waals surface area (Å²) < 4.78 is 0.617. The molecule has 0 fully saturated rings. The van der Waals surface area contributed by atoms with Crippen LogP contribution in [0.5, 0.6) is 0 Å². The van der Waals surface area contributed by atoms with Gasteiger partial charge < -0.3 is 10.4 Å². The van der Waals surface area contributed by atoms with E-state index in [1.807, 2.05) is 5.38 Å². The number of hydrogen-bond donors (Lipinski definition) is 2. The summed E-state index contributed by atoms with van der Waals surface area (Å²) in [4.78, 5) is 12.5. The van der Waals surface area contributed by atoms with Crippen molar-refractivity contribution in [2.24, 2.45) is 0 Å². The first-order valence-electron chi connectivity index (χ1n) is 6.37. The van der Waals surface area contributed by atoms with Gasteiger partial charge in [-0.15, -0.1) is 11.3 Å². The van der Waals surface area contributed by atoms with Gasteiger partial charge in [-0.25, -0.2) is 0 Å². The van der Waals surface area contributed by atoms with E-state index in [1.165, 1.54) is 16.9 Å². The predicted molar refractivity (Wildman–Crippen MR) is 85.0 cm³/mol. The number of hydrogen-bond acceptors (Lipinski definition) is 4. The summed E-state index contributed by atoms with van der Waals surface area (Å²) in [5, 5.41) is 16.2. The predicted octanol–water partition coefficient (Wildman–Crippen LogP) is 3.75. The maximum Gasteiger partial charge on any atom is 0.261 e. The van der Waals surface area contributed by atoms with E-state index in [0.717, 1.165) is 12.8 Å². The molecule has 2 heterocycles. The van der Waals surface area contributed by atoms with Crippen LogP contribution < -0.4 is 5.32 Å². The van der Waals surface area contributed by atoms with Crippen LogP contribution in [-0.4, -0.2) is 24.2 Å². The highest BCUT2D eigenvalue weighted by atomic mass is 35.5. The summed E-state index contributed by atoms with van der Waals surface area (Å²) in [6.07, 6.45) is 1.54. The molecule has 2 aromatic heterocycles. The average Bonchev–Trinajstić information content (AvgIpc) is 3.08. The lowest BCUT2D eigenvalue weighted by Crippen LogP contribution is -2.25. The second-order valence-corrected chi connectivity index (χ2v) is 6.91. The Balaban J connectivity index is 1.83. The van der Waals surface area contributed by atoms with Gasteiger partial charge in [-0.3, -0.25) is 4.79 Å².